The second-order valence-corrected chi connectivity index (χ2v) is 8.82. The fraction of sp³-hybridized carbons (Fsp3) is 0.0690. The van der Waals surface area contributed by atoms with Gasteiger partial charge in [-0.1, -0.05) is 54.6 Å². The molecule has 40 heavy (non-hydrogen) atoms. The van der Waals surface area contributed by atoms with E-state index in [4.69, 9.17) is 0 Å². The van der Waals surface area contributed by atoms with E-state index in [1.54, 1.807) is 48.5 Å². The number of hydrogen-bond donors (Lipinski definition) is 4. The van der Waals surface area contributed by atoms with Gasteiger partial charge in [0.25, 0.3) is 0 Å². The number of fused-ring (bicyclic) bond motifs is 1. The molecule has 4 aromatic carbocycles. The van der Waals surface area contributed by atoms with Crippen LogP contribution in [-0.4, -0.2) is 37.1 Å². The number of rotatable bonds is 6. The monoisotopic (exact) mass is 547 g/mol. The summed E-state index contributed by atoms with van der Waals surface area (Å²) >= 11 is 0. The van der Waals surface area contributed by atoms with Gasteiger partial charge in [0.2, 0.25) is 5.88 Å². The number of aromatic carboxylic acids is 1. The summed E-state index contributed by atoms with van der Waals surface area (Å²) in [6, 6.07) is 22.4. The molecule has 0 radical (unpaired) electrons. The number of carboxylic acid groups (broad SMARTS) is 1. The molecular weight excluding hydrogens is 527 g/mol. The minimum Gasteiger partial charge on any atom is -0.505 e. The van der Waals surface area contributed by atoms with Gasteiger partial charge in [-0.15, -0.1) is 10.2 Å². The van der Waals surface area contributed by atoms with Gasteiger partial charge >= 0.3 is 12.1 Å². The molecule has 202 valence electrons. The number of carboxylic acids is 1. The number of aromatic hydroxyl groups is 2. The Morgan fingerprint density at radius 3 is 2.25 bits per heavy atom. The lowest BCUT2D eigenvalue weighted by Crippen LogP contribution is -2.20. The van der Waals surface area contributed by atoms with Crippen molar-refractivity contribution in [2.24, 2.45) is 10.2 Å². The molecule has 8 nitrogen and oxygen atoms in total. The molecule has 1 atom stereocenters. The second-order valence-electron chi connectivity index (χ2n) is 8.82. The van der Waals surface area contributed by atoms with Crippen LogP contribution in [0.1, 0.15) is 22.0 Å². The number of benzene rings is 4. The molecule has 1 aromatic heterocycles. The van der Waals surface area contributed by atoms with Gasteiger partial charge in [0.05, 0.1) is 11.1 Å². The van der Waals surface area contributed by atoms with Crippen LogP contribution in [0.2, 0.25) is 0 Å². The van der Waals surface area contributed by atoms with Crippen molar-refractivity contribution in [3.05, 3.63) is 102 Å². The SMILES string of the molecule is O=C(O)c1cccc(-c2cccc(N=Nc3c(O)n(-c4ccc(C(O)C(F)(F)F)cc4)c4ccccc34)c2O)c1. The molecule has 1 unspecified atom stereocenters. The molecule has 0 fully saturated rings. The zero-order chi connectivity index (χ0) is 28.6. The van der Waals surface area contributed by atoms with Crippen molar-refractivity contribution in [3.63, 3.8) is 0 Å². The summed E-state index contributed by atoms with van der Waals surface area (Å²) in [5.74, 6) is -1.72. The van der Waals surface area contributed by atoms with Crippen LogP contribution in [0.3, 0.4) is 0 Å². The average molecular weight is 547 g/mol. The first-order chi connectivity index (χ1) is 19.1. The standard InChI is InChI=1S/C29H20F3N3O5/c30-29(31,32)26(37)16-11-13-19(14-12-16)35-23-10-2-1-7-21(23)24(27(35)38)34-33-22-9-4-8-20(25(22)36)17-5-3-6-18(15-17)28(39)40/h1-15,26,36-38H,(H,39,40). The smallest absolute Gasteiger partial charge is 0.418 e. The fourth-order valence-electron chi connectivity index (χ4n) is 4.33. The Bertz CT molecular complexity index is 1760. The molecule has 0 amide bonds. The van der Waals surface area contributed by atoms with Gasteiger partial charge in [-0.3, -0.25) is 4.57 Å². The highest BCUT2D eigenvalue weighted by atomic mass is 19.4. The van der Waals surface area contributed by atoms with Gasteiger partial charge < -0.3 is 20.4 Å². The zero-order valence-electron chi connectivity index (χ0n) is 20.4. The van der Waals surface area contributed by atoms with E-state index in [1.807, 2.05) is 0 Å². The molecule has 4 N–H and O–H groups in total. The average Bonchev–Trinajstić information content (AvgIpc) is 3.22. The third-order valence-corrected chi connectivity index (χ3v) is 6.29. The largest absolute Gasteiger partial charge is 0.505 e. The first-order valence-electron chi connectivity index (χ1n) is 11.8. The molecule has 0 aliphatic heterocycles. The highest BCUT2D eigenvalue weighted by molar-refractivity contribution is 5.96. The van der Waals surface area contributed by atoms with Gasteiger partial charge in [0, 0.05) is 16.6 Å². The van der Waals surface area contributed by atoms with E-state index in [0.717, 1.165) is 12.1 Å². The quantitative estimate of drug-likeness (QED) is 0.165. The third kappa shape index (κ3) is 4.85. The fourth-order valence-corrected chi connectivity index (χ4v) is 4.33. The van der Waals surface area contributed by atoms with E-state index in [9.17, 15) is 38.4 Å². The predicted molar refractivity (Wildman–Crippen MR) is 141 cm³/mol. The first-order valence-corrected chi connectivity index (χ1v) is 11.8. The number of aromatic nitrogens is 1. The summed E-state index contributed by atoms with van der Waals surface area (Å²) in [5, 5.41) is 49.6. The number of azo groups is 1. The lowest BCUT2D eigenvalue weighted by atomic mass is 10.0. The molecule has 0 bridgehead atoms. The van der Waals surface area contributed by atoms with Crippen LogP contribution in [-0.2, 0) is 0 Å². The Kier molecular flexibility index (Phi) is 6.74. The van der Waals surface area contributed by atoms with E-state index in [1.165, 1.54) is 34.9 Å². The van der Waals surface area contributed by atoms with Crippen LogP contribution in [0.25, 0.3) is 27.7 Å². The van der Waals surface area contributed by atoms with E-state index in [2.05, 4.69) is 10.2 Å². The Morgan fingerprint density at radius 2 is 1.55 bits per heavy atom. The molecule has 0 saturated heterocycles. The number of phenolic OH excluding ortho intramolecular Hbond substituents is 1. The van der Waals surface area contributed by atoms with Crippen LogP contribution in [0.15, 0.2) is 101 Å². The Balaban J connectivity index is 1.55. The Hall–Kier alpha value is -5.16. The number of carbonyl (C=O) groups is 1. The summed E-state index contributed by atoms with van der Waals surface area (Å²) in [4.78, 5) is 11.3. The van der Waals surface area contributed by atoms with Crippen molar-refractivity contribution in [1.29, 1.82) is 0 Å². The van der Waals surface area contributed by atoms with Crippen molar-refractivity contribution in [2.45, 2.75) is 12.3 Å². The molecule has 11 heteroatoms. The molecule has 5 rings (SSSR count). The van der Waals surface area contributed by atoms with Crippen molar-refractivity contribution < 1.29 is 38.4 Å². The number of para-hydroxylation sites is 2. The highest BCUT2D eigenvalue weighted by Crippen LogP contribution is 2.43. The van der Waals surface area contributed by atoms with Crippen LogP contribution in [0.4, 0.5) is 24.5 Å². The third-order valence-electron chi connectivity index (χ3n) is 6.29. The van der Waals surface area contributed by atoms with Gasteiger partial charge in [-0.2, -0.15) is 13.2 Å². The number of aliphatic hydroxyl groups excluding tert-OH is 1. The van der Waals surface area contributed by atoms with Crippen molar-refractivity contribution in [3.8, 4) is 28.4 Å². The maximum absolute atomic E-state index is 12.9. The number of halogens is 3. The molecule has 0 aliphatic carbocycles. The zero-order valence-corrected chi connectivity index (χ0v) is 20.4. The lowest BCUT2D eigenvalue weighted by Gasteiger charge is -2.15. The van der Waals surface area contributed by atoms with Gasteiger partial charge in [-0.05, 0) is 47.5 Å². The molecule has 0 spiro atoms. The maximum Gasteiger partial charge on any atom is 0.418 e. The van der Waals surface area contributed by atoms with Crippen molar-refractivity contribution in [2.75, 3.05) is 0 Å². The summed E-state index contributed by atoms with van der Waals surface area (Å²) in [5.41, 5.74) is 1.38. The number of alkyl halides is 3. The van der Waals surface area contributed by atoms with E-state index in [-0.39, 0.29) is 34.1 Å². The number of phenols is 1. The lowest BCUT2D eigenvalue weighted by molar-refractivity contribution is -0.206. The number of hydrogen-bond acceptors (Lipinski definition) is 6. The Morgan fingerprint density at radius 1 is 0.850 bits per heavy atom. The van der Waals surface area contributed by atoms with Crippen molar-refractivity contribution >= 4 is 28.2 Å². The van der Waals surface area contributed by atoms with Crippen molar-refractivity contribution in [1.82, 2.24) is 4.57 Å². The summed E-state index contributed by atoms with van der Waals surface area (Å²) in [7, 11) is 0. The minimum atomic E-state index is -4.82. The molecule has 1 heterocycles. The molecule has 0 aliphatic rings. The van der Waals surface area contributed by atoms with E-state index >= 15 is 0 Å². The van der Waals surface area contributed by atoms with Gasteiger partial charge in [0.1, 0.15) is 5.69 Å². The highest BCUT2D eigenvalue weighted by Gasteiger charge is 2.39. The molecular formula is C29H20F3N3O5. The number of aliphatic hydroxyl groups is 1. The molecule has 0 saturated carbocycles. The van der Waals surface area contributed by atoms with Gasteiger partial charge in [0.15, 0.2) is 17.5 Å². The van der Waals surface area contributed by atoms with Crippen LogP contribution < -0.4 is 0 Å². The van der Waals surface area contributed by atoms with Crippen LogP contribution >= 0.6 is 0 Å². The first kappa shape index (κ1) is 26.4. The van der Waals surface area contributed by atoms with Crippen LogP contribution in [0.5, 0.6) is 11.6 Å². The van der Waals surface area contributed by atoms with E-state index < -0.39 is 18.2 Å². The maximum atomic E-state index is 12.9. The predicted octanol–water partition coefficient (Wildman–Crippen LogP) is 7.42. The van der Waals surface area contributed by atoms with E-state index in [0.29, 0.717) is 27.7 Å². The molecule has 5 aromatic rings. The minimum absolute atomic E-state index is 0.0441. The topological polar surface area (TPSA) is 128 Å². The number of nitrogens with zero attached hydrogens (tertiary/aromatic N) is 3. The second kappa shape index (κ2) is 10.2. The summed E-state index contributed by atoms with van der Waals surface area (Å²) in [6.45, 7) is 0. The van der Waals surface area contributed by atoms with Gasteiger partial charge in [-0.25, -0.2) is 4.79 Å². The van der Waals surface area contributed by atoms with Crippen LogP contribution in [0, 0.1) is 0 Å². The Labute approximate surface area is 224 Å². The summed E-state index contributed by atoms with van der Waals surface area (Å²) in [6.07, 6.45) is -7.46. The summed E-state index contributed by atoms with van der Waals surface area (Å²) < 4.78 is 40.1. The normalized spacial score (nSPS) is 12.7.